The molecule has 1 heterocycles. The summed E-state index contributed by atoms with van der Waals surface area (Å²) in [6.07, 6.45) is 2.12. The Morgan fingerprint density at radius 1 is 1.07 bits per heavy atom. The van der Waals surface area contributed by atoms with Crippen LogP contribution in [0.4, 0.5) is 4.39 Å². The summed E-state index contributed by atoms with van der Waals surface area (Å²) in [5.74, 6) is -0.174. The van der Waals surface area contributed by atoms with Crippen LogP contribution in [0.1, 0.15) is 5.56 Å². The van der Waals surface area contributed by atoms with Gasteiger partial charge in [0.1, 0.15) is 5.82 Å². The molecule has 74 valence electrons. The van der Waals surface area contributed by atoms with Gasteiger partial charge in [-0.05, 0) is 23.8 Å². The highest BCUT2D eigenvalue weighted by Gasteiger charge is 2.06. The fourth-order valence-corrected chi connectivity index (χ4v) is 5.17. The van der Waals surface area contributed by atoms with Gasteiger partial charge >= 0.3 is 0 Å². The normalized spacial score (nSPS) is 16.8. The minimum Gasteiger partial charge on any atom is -0.207 e. The number of rotatable bonds is 1. The monoisotopic (exact) mass is 244 g/mol. The average Bonchev–Trinajstić information content (AvgIpc) is 2.23. The molecule has 1 saturated heterocycles. The largest absolute Gasteiger partial charge is 0.207 e. The molecular formula is C10H9FS3. The molecule has 0 aliphatic carbocycles. The Hall–Kier alpha value is -0.0600. The fraction of sp³-hybridized carbons (Fsp3) is 0.200. The van der Waals surface area contributed by atoms with Gasteiger partial charge in [0, 0.05) is 14.4 Å². The van der Waals surface area contributed by atoms with Crippen LogP contribution in [-0.4, -0.2) is 10.2 Å². The molecule has 0 amide bonds. The Kier molecular flexibility index (Phi) is 3.84. The third-order valence-electron chi connectivity index (χ3n) is 1.72. The smallest absolute Gasteiger partial charge is 0.123 e. The standard InChI is InChI=1S/C10H9FS3/c11-9-3-1-8(2-4-9)5-10-13-6-12-7-14-10/h1-5H,6-7H2. The van der Waals surface area contributed by atoms with Crippen LogP contribution in [0.25, 0.3) is 6.08 Å². The molecule has 0 saturated carbocycles. The van der Waals surface area contributed by atoms with E-state index in [0.29, 0.717) is 0 Å². The Morgan fingerprint density at radius 2 is 1.71 bits per heavy atom. The van der Waals surface area contributed by atoms with Crippen molar-refractivity contribution >= 4 is 41.4 Å². The number of hydrogen-bond donors (Lipinski definition) is 0. The molecule has 4 heteroatoms. The number of halogens is 1. The zero-order valence-corrected chi connectivity index (χ0v) is 9.85. The Labute approximate surface area is 95.7 Å². The van der Waals surface area contributed by atoms with Crippen LogP contribution in [0.2, 0.25) is 0 Å². The predicted molar refractivity (Wildman–Crippen MR) is 66.9 cm³/mol. The lowest BCUT2D eigenvalue weighted by atomic mass is 10.2. The first kappa shape index (κ1) is 10.5. The minimum absolute atomic E-state index is 0.174. The molecule has 1 aliphatic heterocycles. The molecule has 0 spiro atoms. The molecular weight excluding hydrogens is 235 g/mol. The van der Waals surface area contributed by atoms with E-state index >= 15 is 0 Å². The SMILES string of the molecule is Fc1ccc(C=C2SCSCS2)cc1. The molecule has 2 rings (SSSR count). The summed E-state index contributed by atoms with van der Waals surface area (Å²) in [5.41, 5.74) is 1.08. The van der Waals surface area contributed by atoms with Gasteiger partial charge in [-0.15, -0.1) is 35.3 Å². The van der Waals surface area contributed by atoms with E-state index in [-0.39, 0.29) is 5.82 Å². The molecule has 0 bridgehead atoms. The topological polar surface area (TPSA) is 0 Å². The Morgan fingerprint density at radius 3 is 2.36 bits per heavy atom. The van der Waals surface area contributed by atoms with Crippen LogP contribution in [-0.2, 0) is 0 Å². The van der Waals surface area contributed by atoms with Crippen molar-refractivity contribution in [2.24, 2.45) is 0 Å². The van der Waals surface area contributed by atoms with Gasteiger partial charge in [-0.3, -0.25) is 0 Å². The van der Waals surface area contributed by atoms with Crippen LogP contribution in [0.15, 0.2) is 28.5 Å². The van der Waals surface area contributed by atoms with Crippen LogP contribution in [0, 0.1) is 5.82 Å². The van der Waals surface area contributed by atoms with Gasteiger partial charge in [0.05, 0.1) is 0 Å². The quantitative estimate of drug-likeness (QED) is 0.724. The van der Waals surface area contributed by atoms with Crippen LogP contribution in [0.3, 0.4) is 0 Å². The van der Waals surface area contributed by atoms with Crippen LogP contribution < -0.4 is 0 Å². The second-order valence-electron chi connectivity index (χ2n) is 2.74. The van der Waals surface area contributed by atoms with Crippen LogP contribution in [0.5, 0.6) is 0 Å². The van der Waals surface area contributed by atoms with E-state index in [1.807, 2.05) is 47.4 Å². The molecule has 1 aromatic carbocycles. The van der Waals surface area contributed by atoms with Crippen LogP contribution >= 0.6 is 35.3 Å². The maximum atomic E-state index is 12.6. The lowest BCUT2D eigenvalue weighted by Gasteiger charge is -2.11. The van der Waals surface area contributed by atoms with Gasteiger partial charge in [0.2, 0.25) is 0 Å². The third-order valence-corrected chi connectivity index (χ3v) is 5.51. The van der Waals surface area contributed by atoms with E-state index < -0.39 is 0 Å². The molecule has 0 nitrogen and oxygen atoms in total. The zero-order valence-electron chi connectivity index (χ0n) is 7.40. The van der Waals surface area contributed by atoms with Crippen molar-refractivity contribution in [2.45, 2.75) is 0 Å². The van der Waals surface area contributed by atoms with Gasteiger partial charge in [-0.1, -0.05) is 12.1 Å². The first-order valence-corrected chi connectivity index (χ1v) is 7.28. The highest BCUT2D eigenvalue weighted by atomic mass is 32.3. The summed E-state index contributed by atoms with van der Waals surface area (Å²) >= 11 is 5.65. The third kappa shape index (κ3) is 2.97. The molecule has 0 radical (unpaired) electrons. The lowest BCUT2D eigenvalue weighted by molar-refractivity contribution is 0.628. The molecule has 1 aliphatic rings. The molecule has 0 aromatic heterocycles. The van der Waals surface area contributed by atoms with Gasteiger partial charge in [0.25, 0.3) is 0 Å². The molecule has 0 N–H and O–H groups in total. The van der Waals surface area contributed by atoms with E-state index in [1.165, 1.54) is 16.4 Å². The highest BCUT2D eigenvalue weighted by molar-refractivity contribution is 8.36. The van der Waals surface area contributed by atoms with Gasteiger partial charge in [-0.2, -0.15) is 0 Å². The summed E-state index contributed by atoms with van der Waals surface area (Å²) in [6, 6.07) is 6.62. The van der Waals surface area contributed by atoms with E-state index in [4.69, 9.17) is 0 Å². The minimum atomic E-state index is -0.174. The van der Waals surface area contributed by atoms with E-state index in [1.54, 1.807) is 0 Å². The van der Waals surface area contributed by atoms with Crippen molar-refractivity contribution in [1.29, 1.82) is 0 Å². The summed E-state index contributed by atoms with van der Waals surface area (Å²) < 4.78 is 14.0. The Bertz CT molecular complexity index is 324. The van der Waals surface area contributed by atoms with Crippen molar-refractivity contribution in [3.05, 3.63) is 39.9 Å². The Balaban J connectivity index is 2.11. The highest BCUT2D eigenvalue weighted by Crippen LogP contribution is 2.40. The lowest BCUT2D eigenvalue weighted by Crippen LogP contribution is -1.84. The molecule has 14 heavy (non-hydrogen) atoms. The zero-order chi connectivity index (χ0) is 9.80. The molecule has 1 aromatic rings. The molecule has 1 fully saturated rings. The van der Waals surface area contributed by atoms with E-state index in [9.17, 15) is 4.39 Å². The second kappa shape index (κ2) is 5.14. The first-order valence-electron chi connectivity index (χ1n) is 4.15. The first-order chi connectivity index (χ1) is 6.84. The van der Waals surface area contributed by atoms with Crippen molar-refractivity contribution in [1.82, 2.24) is 0 Å². The maximum Gasteiger partial charge on any atom is 0.123 e. The van der Waals surface area contributed by atoms with Crippen molar-refractivity contribution in [3.8, 4) is 0 Å². The van der Waals surface area contributed by atoms with Gasteiger partial charge < -0.3 is 0 Å². The van der Waals surface area contributed by atoms with Gasteiger partial charge in [-0.25, -0.2) is 4.39 Å². The summed E-state index contributed by atoms with van der Waals surface area (Å²) in [6.45, 7) is 0. The fourth-order valence-electron chi connectivity index (χ4n) is 1.05. The number of benzene rings is 1. The predicted octanol–water partition coefficient (Wildman–Crippen LogP) is 4.25. The molecule has 0 unspecified atom stereocenters. The second-order valence-corrected chi connectivity index (χ2v) is 6.75. The maximum absolute atomic E-state index is 12.6. The summed E-state index contributed by atoms with van der Waals surface area (Å²) in [7, 11) is 0. The van der Waals surface area contributed by atoms with E-state index in [2.05, 4.69) is 6.08 Å². The molecule has 0 atom stereocenters. The van der Waals surface area contributed by atoms with Gasteiger partial charge in [0.15, 0.2) is 0 Å². The summed E-state index contributed by atoms with van der Waals surface area (Å²) in [4.78, 5) is 0. The van der Waals surface area contributed by atoms with Crippen molar-refractivity contribution in [2.75, 3.05) is 10.2 Å². The van der Waals surface area contributed by atoms with Crippen molar-refractivity contribution in [3.63, 3.8) is 0 Å². The number of hydrogen-bond acceptors (Lipinski definition) is 3. The summed E-state index contributed by atoms with van der Waals surface area (Å²) in [5, 5.41) is 2.25. The average molecular weight is 244 g/mol. The number of thioether (sulfide) groups is 3. The van der Waals surface area contributed by atoms with Crippen molar-refractivity contribution < 1.29 is 4.39 Å². The van der Waals surface area contributed by atoms with E-state index in [0.717, 1.165) is 15.7 Å².